The number of nitrogens with one attached hydrogen (secondary N) is 1. The predicted molar refractivity (Wildman–Crippen MR) is 81.5 cm³/mol. The lowest BCUT2D eigenvalue weighted by Gasteiger charge is -2.08. The number of benzene rings is 1. The van der Waals surface area contributed by atoms with E-state index in [1.54, 1.807) is 11.3 Å². The van der Waals surface area contributed by atoms with E-state index in [9.17, 15) is 0 Å². The molecule has 0 unspecified atom stereocenters. The largest absolute Gasteiger partial charge is 0.409 e. The van der Waals surface area contributed by atoms with Crippen molar-refractivity contribution in [1.29, 1.82) is 0 Å². The summed E-state index contributed by atoms with van der Waals surface area (Å²) >= 11 is 5.13. The first-order valence-corrected chi connectivity index (χ1v) is 7.37. The number of halogens is 1. The van der Waals surface area contributed by atoms with Crippen molar-refractivity contribution in [3.8, 4) is 0 Å². The van der Waals surface area contributed by atoms with Crippen molar-refractivity contribution in [2.24, 2.45) is 10.9 Å². The summed E-state index contributed by atoms with van der Waals surface area (Å²) < 4.78 is 1.10. The van der Waals surface area contributed by atoms with Gasteiger partial charge >= 0.3 is 0 Å². The Balaban J connectivity index is 2.00. The van der Waals surface area contributed by atoms with Crippen LogP contribution >= 0.6 is 27.3 Å². The standard InChI is InChI=1S/C13H14BrN3OS/c14-10-5-11(19-8-10)7-16-6-9-3-1-2-4-12(9)13(15)17-18/h1-5,8,16,18H,6-7H2,(H2,15,17). The van der Waals surface area contributed by atoms with Crippen LogP contribution in [0.4, 0.5) is 0 Å². The molecule has 4 N–H and O–H groups in total. The minimum Gasteiger partial charge on any atom is -0.409 e. The van der Waals surface area contributed by atoms with Crippen LogP contribution in [-0.4, -0.2) is 11.0 Å². The van der Waals surface area contributed by atoms with Crippen molar-refractivity contribution in [3.63, 3.8) is 0 Å². The fourth-order valence-electron chi connectivity index (χ4n) is 1.75. The first-order valence-electron chi connectivity index (χ1n) is 5.70. The van der Waals surface area contributed by atoms with Crippen LogP contribution in [-0.2, 0) is 13.1 Å². The molecule has 0 saturated carbocycles. The van der Waals surface area contributed by atoms with Gasteiger partial charge in [-0.25, -0.2) is 0 Å². The van der Waals surface area contributed by atoms with Crippen molar-refractivity contribution in [2.75, 3.05) is 0 Å². The lowest BCUT2D eigenvalue weighted by Crippen LogP contribution is -2.19. The Morgan fingerprint density at radius 2 is 2.16 bits per heavy atom. The molecular formula is C13H14BrN3OS. The third-order valence-corrected chi connectivity index (χ3v) is 4.34. The van der Waals surface area contributed by atoms with Crippen molar-refractivity contribution >= 4 is 33.1 Å². The minimum atomic E-state index is 0.135. The summed E-state index contributed by atoms with van der Waals surface area (Å²) in [6, 6.07) is 9.70. The number of amidine groups is 1. The maximum absolute atomic E-state index is 8.76. The van der Waals surface area contributed by atoms with Gasteiger partial charge in [0, 0.05) is 33.4 Å². The molecule has 0 aliphatic carbocycles. The Bertz CT molecular complexity index is 583. The van der Waals surface area contributed by atoms with E-state index in [0.717, 1.165) is 22.1 Å². The quantitative estimate of drug-likeness (QED) is 0.339. The van der Waals surface area contributed by atoms with Gasteiger partial charge < -0.3 is 16.3 Å². The van der Waals surface area contributed by atoms with Crippen molar-refractivity contribution < 1.29 is 5.21 Å². The summed E-state index contributed by atoms with van der Waals surface area (Å²) in [6.07, 6.45) is 0. The molecular weight excluding hydrogens is 326 g/mol. The molecule has 0 saturated heterocycles. The fraction of sp³-hybridized carbons (Fsp3) is 0.154. The summed E-state index contributed by atoms with van der Waals surface area (Å²) in [4.78, 5) is 1.26. The van der Waals surface area contributed by atoms with Gasteiger partial charge in [0.1, 0.15) is 0 Å². The van der Waals surface area contributed by atoms with E-state index in [0.29, 0.717) is 6.54 Å². The Hall–Kier alpha value is -1.37. The molecule has 0 aliphatic heterocycles. The van der Waals surface area contributed by atoms with Gasteiger partial charge in [0.25, 0.3) is 0 Å². The van der Waals surface area contributed by atoms with Crippen LogP contribution in [0.3, 0.4) is 0 Å². The van der Waals surface area contributed by atoms with Gasteiger partial charge in [0.2, 0.25) is 0 Å². The maximum Gasteiger partial charge on any atom is 0.170 e. The van der Waals surface area contributed by atoms with Crippen molar-refractivity contribution in [3.05, 3.63) is 56.2 Å². The first-order chi connectivity index (χ1) is 9.20. The van der Waals surface area contributed by atoms with Gasteiger partial charge in [-0.2, -0.15) is 0 Å². The number of oxime groups is 1. The second-order valence-electron chi connectivity index (χ2n) is 3.98. The van der Waals surface area contributed by atoms with Crippen molar-refractivity contribution in [2.45, 2.75) is 13.1 Å². The molecule has 0 aliphatic rings. The molecule has 19 heavy (non-hydrogen) atoms. The normalized spacial score (nSPS) is 11.7. The summed E-state index contributed by atoms with van der Waals surface area (Å²) in [5.41, 5.74) is 7.41. The maximum atomic E-state index is 8.76. The van der Waals surface area contributed by atoms with Gasteiger partial charge in [-0.1, -0.05) is 29.4 Å². The van der Waals surface area contributed by atoms with E-state index in [1.165, 1.54) is 4.88 Å². The van der Waals surface area contributed by atoms with Crippen LogP contribution in [0.15, 0.2) is 45.3 Å². The van der Waals surface area contributed by atoms with Crippen LogP contribution in [0.25, 0.3) is 0 Å². The van der Waals surface area contributed by atoms with Crippen LogP contribution in [0, 0.1) is 0 Å². The molecule has 2 aromatic rings. The Morgan fingerprint density at radius 1 is 1.37 bits per heavy atom. The average Bonchev–Trinajstić information content (AvgIpc) is 2.84. The van der Waals surface area contributed by atoms with Gasteiger partial charge in [0.05, 0.1) is 0 Å². The summed E-state index contributed by atoms with van der Waals surface area (Å²) in [5, 5.41) is 17.2. The lowest BCUT2D eigenvalue weighted by molar-refractivity contribution is 0.318. The predicted octanol–water partition coefficient (Wildman–Crippen LogP) is 2.89. The molecule has 0 amide bonds. The van der Waals surface area contributed by atoms with Crippen LogP contribution in [0.1, 0.15) is 16.0 Å². The van der Waals surface area contributed by atoms with Crippen LogP contribution in [0.2, 0.25) is 0 Å². The third-order valence-electron chi connectivity index (χ3n) is 2.64. The second kappa shape index (κ2) is 6.70. The smallest absolute Gasteiger partial charge is 0.170 e. The van der Waals surface area contributed by atoms with E-state index in [1.807, 2.05) is 24.3 Å². The van der Waals surface area contributed by atoms with E-state index in [-0.39, 0.29) is 5.84 Å². The zero-order valence-corrected chi connectivity index (χ0v) is 12.5. The number of nitrogens with two attached hydrogens (primary N) is 1. The minimum absolute atomic E-state index is 0.135. The molecule has 6 heteroatoms. The molecule has 1 heterocycles. The number of thiophene rings is 1. The first kappa shape index (κ1) is 14.0. The third kappa shape index (κ3) is 3.79. The topological polar surface area (TPSA) is 70.6 Å². The average molecular weight is 340 g/mol. The Kier molecular flexibility index (Phi) is 4.95. The zero-order valence-electron chi connectivity index (χ0n) is 10.1. The second-order valence-corrected chi connectivity index (χ2v) is 5.89. The van der Waals surface area contributed by atoms with E-state index in [4.69, 9.17) is 10.9 Å². The molecule has 0 bridgehead atoms. The zero-order chi connectivity index (χ0) is 13.7. The van der Waals surface area contributed by atoms with E-state index in [2.05, 4.69) is 37.8 Å². The van der Waals surface area contributed by atoms with Gasteiger partial charge in [-0.3, -0.25) is 0 Å². The van der Waals surface area contributed by atoms with E-state index < -0.39 is 0 Å². The molecule has 2 rings (SSSR count). The Labute approximate surface area is 124 Å². The summed E-state index contributed by atoms with van der Waals surface area (Å²) in [5.74, 6) is 0.135. The van der Waals surface area contributed by atoms with Gasteiger partial charge in [0.15, 0.2) is 5.84 Å². The van der Waals surface area contributed by atoms with Crippen molar-refractivity contribution in [1.82, 2.24) is 5.32 Å². The van der Waals surface area contributed by atoms with Crippen LogP contribution < -0.4 is 11.1 Å². The number of rotatable bonds is 5. The van der Waals surface area contributed by atoms with Gasteiger partial charge in [-0.15, -0.1) is 11.3 Å². The summed E-state index contributed by atoms with van der Waals surface area (Å²) in [6.45, 7) is 1.46. The molecule has 0 fully saturated rings. The molecule has 0 spiro atoms. The highest BCUT2D eigenvalue weighted by atomic mass is 79.9. The lowest BCUT2D eigenvalue weighted by atomic mass is 10.1. The highest BCUT2D eigenvalue weighted by Crippen LogP contribution is 2.19. The molecule has 1 aromatic heterocycles. The number of hydrogen-bond acceptors (Lipinski definition) is 4. The fourth-order valence-corrected chi connectivity index (χ4v) is 3.17. The molecule has 0 radical (unpaired) electrons. The summed E-state index contributed by atoms with van der Waals surface area (Å²) in [7, 11) is 0. The van der Waals surface area contributed by atoms with Crippen LogP contribution in [0.5, 0.6) is 0 Å². The molecule has 0 atom stereocenters. The highest BCUT2D eigenvalue weighted by Gasteiger charge is 2.06. The van der Waals surface area contributed by atoms with Gasteiger partial charge in [-0.05, 0) is 27.6 Å². The SMILES string of the molecule is NC(=NO)c1ccccc1CNCc1cc(Br)cs1. The highest BCUT2D eigenvalue weighted by molar-refractivity contribution is 9.10. The van der Waals surface area contributed by atoms with E-state index >= 15 is 0 Å². The number of nitrogens with zero attached hydrogens (tertiary/aromatic N) is 1. The molecule has 100 valence electrons. The number of hydrogen-bond donors (Lipinski definition) is 3. The molecule has 4 nitrogen and oxygen atoms in total. The molecule has 1 aromatic carbocycles. The Morgan fingerprint density at radius 3 is 2.84 bits per heavy atom. The monoisotopic (exact) mass is 339 g/mol.